The van der Waals surface area contributed by atoms with Gasteiger partial charge in [0.1, 0.15) is 79.5 Å². The number of cyclic esters (lactones) is 1. The molecule has 4 saturated carbocycles. The van der Waals surface area contributed by atoms with Gasteiger partial charge in [0, 0.05) is 23.7 Å². The van der Waals surface area contributed by atoms with Crippen molar-refractivity contribution in [3.8, 4) is 0 Å². The molecule has 0 spiro atoms. The van der Waals surface area contributed by atoms with E-state index in [0.717, 1.165) is 25.7 Å². The highest BCUT2D eigenvalue weighted by molar-refractivity contribution is 5.88. The minimum atomic E-state index is -0.836. The van der Waals surface area contributed by atoms with Gasteiger partial charge in [-0.2, -0.15) is 0 Å². The van der Waals surface area contributed by atoms with Crippen molar-refractivity contribution in [1.29, 1.82) is 0 Å². The van der Waals surface area contributed by atoms with Crippen molar-refractivity contribution >= 4 is 71.6 Å². The average molecular weight is 1410 g/mol. The SMILES string of the molecule is CCC(C)(C)C(=O)OC1(C)C2CC3C(=O)OC1C3C2.CCC(C)(C)C(=O)OC1(C)C2CC3C(=O)OC1C3O2.CCC(C)(C)C(=O)OC1C2CC3C1OC(=O)C3C2C(=O)OC.CCC(C)(C)C(=O)OC1C2OC(=O)C3C2OC1C3C(=O)OC.CCC(C)(C)C(=O)OCC1CC2C(=O)OCC2O1. The van der Waals surface area contributed by atoms with Gasteiger partial charge in [-0.3, -0.25) is 57.5 Å². The van der Waals surface area contributed by atoms with Gasteiger partial charge in [-0.25, -0.2) is 0 Å². The molecule has 0 N–H and O–H groups in total. The molecule has 8 bridgehead atoms. The maximum atomic E-state index is 12.4. The number of fused-ring (bicyclic) bond motifs is 5. The zero-order chi connectivity index (χ0) is 73.8. The Labute approximate surface area is 584 Å². The molecule has 0 aromatic heterocycles. The topological polar surface area (TPSA) is 343 Å². The molecule has 27 nitrogen and oxygen atoms in total. The van der Waals surface area contributed by atoms with Gasteiger partial charge in [0.25, 0.3) is 0 Å². The first-order valence-corrected chi connectivity index (χ1v) is 35.8. The van der Waals surface area contributed by atoms with Gasteiger partial charge >= 0.3 is 71.6 Å². The number of hydrogen-bond donors (Lipinski definition) is 0. The van der Waals surface area contributed by atoms with Crippen LogP contribution < -0.4 is 0 Å². The monoisotopic (exact) mass is 1410 g/mol. The van der Waals surface area contributed by atoms with E-state index in [0.29, 0.717) is 45.1 Å². The molecule has 0 radical (unpaired) electrons. The van der Waals surface area contributed by atoms with Crippen LogP contribution in [0.3, 0.4) is 0 Å². The van der Waals surface area contributed by atoms with Crippen LogP contribution in [0.1, 0.15) is 182 Å². The van der Waals surface area contributed by atoms with Gasteiger partial charge in [-0.15, -0.1) is 0 Å². The van der Waals surface area contributed by atoms with Crippen molar-refractivity contribution in [2.45, 2.75) is 266 Å². The molecule has 0 aromatic carbocycles. The van der Waals surface area contributed by atoms with Gasteiger partial charge in [-0.1, -0.05) is 34.6 Å². The van der Waals surface area contributed by atoms with E-state index >= 15 is 0 Å². The molecule has 4 aliphatic carbocycles. The van der Waals surface area contributed by atoms with Crippen molar-refractivity contribution in [2.24, 2.45) is 92.2 Å². The molecule has 0 aromatic rings. The number of ether oxygens (including phenoxy) is 15. The molecule has 14 rings (SSSR count). The van der Waals surface area contributed by atoms with Gasteiger partial charge in [0.15, 0.2) is 23.9 Å². The van der Waals surface area contributed by atoms with Crippen LogP contribution in [0, 0.1) is 92.2 Å². The van der Waals surface area contributed by atoms with E-state index in [4.69, 9.17) is 71.1 Å². The summed E-state index contributed by atoms with van der Waals surface area (Å²) in [5, 5.41) is 0. The fraction of sp³-hybridized carbons (Fsp3) is 0.836. The van der Waals surface area contributed by atoms with Crippen LogP contribution in [0.4, 0.5) is 0 Å². The molecule has 10 saturated heterocycles. The number of methoxy groups -OCH3 is 2. The number of hydrogen-bond acceptors (Lipinski definition) is 27. The minimum absolute atomic E-state index is 0.0378. The van der Waals surface area contributed by atoms with Gasteiger partial charge in [0.2, 0.25) is 0 Å². The second kappa shape index (κ2) is 27.6. The quantitative estimate of drug-likeness (QED) is 0.100. The first-order valence-electron chi connectivity index (χ1n) is 35.8. The lowest BCUT2D eigenvalue weighted by atomic mass is 9.78. The van der Waals surface area contributed by atoms with E-state index in [1.165, 1.54) is 14.2 Å². The summed E-state index contributed by atoms with van der Waals surface area (Å²) in [4.78, 5) is 144. The van der Waals surface area contributed by atoms with E-state index in [1.54, 1.807) is 13.8 Å². The van der Waals surface area contributed by atoms with Crippen LogP contribution in [-0.4, -0.2) is 184 Å². The van der Waals surface area contributed by atoms with Crippen molar-refractivity contribution in [1.82, 2.24) is 0 Å². The maximum absolute atomic E-state index is 12.4. The number of carbonyl (C=O) groups excluding carboxylic acids is 12. The summed E-state index contributed by atoms with van der Waals surface area (Å²) < 4.78 is 81.2. The van der Waals surface area contributed by atoms with Crippen LogP contribution >= 0.6 is 0 Å². The van der Waals surface area contributed by atoms with Crippen LogP contribution in [-0.2, 0) is 129 Å². The normalized spacial score (nSPS) is 39.2. The fourth-order valence-corrected chi connectivity index (χ4v) is 16.4. The molecule has 27 heteroatoms. The molecular weight excluding hydrogens is 1310 g/mol. The molecule has 14 fully saturated rings. The van der Waals surface area contributed by atoms with Crippen LogP contribution in [0.2, 0.25) is 0 Å². The lowest BCUT2D eigenvalue weighted by Gasteiger charge is -2.38. The third kappa shape index (κ3) is 13.2. The zero-order valence-electron chi connectivity index (χ0n) is 61.3. The summed E-state index contributed by atoms with van der Waals surface area (Å²) in [7, 11) is 2.57. The van der Waals surface area contributed by atoms with Crippen molar-refractivity contribution in [3.63, 3.8) is 0 Å². The van der Waals surface area contributed by atoms with Crippen molar-refractivity contribution in [3.05, 3.63) is 0 Å². The molecule has 25 unspecified atom stereocenters. The lowest BCUT2D eigenvalue weighted by Crippen LogP contribution is -2.52. The number of carbonyl (C=O) groups is 12. The Balaban J connectivity index is 0.000000135. The fourth-order valence-electron chi connectivity index (χ4n) is 16.4. The van der Waals surface area contributed by atoms with Crippen LogP contribution in [0.25, 0.3) is 0 Å². The minimum Gasteiger partial charge on any atom is -0.469 e. The Morgan fingerprint density at radius 1 is 0.440 bits per heavy atom. The standard InChI is InChI=1S/C16H22O6.C15H20O7.C15H22O4.C14H20O5.C13H20O5/c1-5-16(2,3)15(19)22-12-7-6-8-10(9(7)13(17)20-4)14(18)21-11(8)12;1-5-15(2,3)14(18)22-11-8-6(12(16)19-4)7-9(20-8)10(11)21-13(7)17;1-5-14(2,3)13(17)19-15(4)8-6-9-10(7-8)12(16)18-11(9)15;1-5-13(2,3)12(16)19-14(4)8-6-7-9(17-8)10(14)18-11(7)15;1-4-13(2,3)12(15)17-6-8-5-9-10(18-8)7-16-11(9)14/h7-12H,5-6H2,1-4H3;6-11H,5H2,1-4H3;8-11H,5-7H2,1-4H3;7-10H,5-6H2,1-4H3;8-10H,4-7H2,1-3H3. The second-order valence-electron chi connectivity index (χ2n) is 33.1. The molecule has 0 amide bonds. The second-order valence-corrected chi connectivity index (χ2v) is 33.1. The molecule has 14 aliphatic rings. The first kappa shape index (κ1) is 76.2. The summed E-state index contributed by atoms with van der Waals surface area (Å²) >= 11 is 0. The van der Waals surface area contributed by atoms with E-state index in [2.05, 4.69) is 0 Å². The largest absolute Gasteiger partial charge is 0.469 e. The first-order chi connectivity index (χ1) is 46.6. The molecule has 10 heterocycles. The average Bonchev–Trinajstić information content (AvgIpc) is 1.57. The Hall–Kier alpha value is -6.48. The number of rotatable bonds is 18. The summed E-state index contributed by atoms with van der Waals surface area (Å²) in [6, 6.07) is 0. The van der Waals surface area contributed by atoms with Gasteiger partial charge in [0.05, 0.1) is 77.0 Å². The highest BCUT2D eigenvalue weighted by Crippen LogP contribution is 2.62. The molecule has 10 aliphatic heterocycles. The van der Waals surface area contributed by atoms with Crippen molar-refractivity contribution < 1.29 is 129 Å². The Morgan fingerprint density at radius 2 is 0.950 bits per heavy atom. The third-order valence-electron chi connectivity index (χ3n) is 25.3. The van der Waals surface area contributed by atoms with E-state index in [9.17, 15) is 57.5 Å². The predicted molar refractivity (Wildman–Crippen MR) is 342 cm³/mol. The molecular formula is C73H104O27. The lowest BCUT2D eigenvalue weighted by molar-refractivity contribution is -0.188. The smallest absolute Gasteiger partial charge is 0.313 e. The van der Waals surface area contributed by atoms with E-state index in [-0.39, 0.29) is 132 Å². The van der Waals surface area contributed by atoms with Crippen LogP contribution in [0.15, 0.2) is 0 Å². The maximum Gasteiger partial charge on any atom is 0.313 e. The van der Waals surface area contributed by atoms with E-state index in [1.807, 2.05) is 104 Å². The van der Waals surface area contributed by atoms with Gasteiger partial charge in [-0.05, 0) is 147 Å². The third-order valence-corrected chi connectivity index (χ3v) is 25.3. The van der Waals surface area contributed by atoms with E-state index < -0.39 is 123 Å². The molecule has 25 atom stereocenters. The predicted octanol–water partition coefficient (Wildman–Crippen LogP) is 6.80. The Kier molecular flexibility index (Phi) is 21.0. The Bertz CT molecular complexity index is 3080. The van der Waals surface area contributed by atoms with Crippen LogP contribution in [0.5, 0.6) is 0 Å². The zero-order valence-corrected chi connectivity index (χ0v) is 61.3. The number of esters is 12. The summed E-state index contributed by atoms with van der Waals surface area (Å²) in [5.74, 6) is -6.02. The summed E-state index contributed by atoms with van der Waals surface area (Å²) in [6.45, 7) is 32.5. The summed E-state index contributed by atoms with van der Waals surface area (Å²) in [6.07, 6.45) is 2.06. The molecule has 558 valence electrons. The van der Waals surface area contributed by atoms with Crippen molar-refractivity contribution in [2.75, 3.05) is 27.4 Å². The molecule has 100 heavy (non-hydrogen) atoms. The Morgan fingerprint density at radius 3 is 1.52 bits per heavy atom. The van der Waals surface area contributed by atoms with Gasteiger partial charge < -0.3 is 71.1 Å². The highest BCUT2D eigenvalue weighted by Gasteiger charge is 2.75. The summed E-state index contributed by atoms with van der Waals surface area (Å²) in [5.41, 5.74) is -4.17. The highest BCUT2D eigenvalue weighted by atomic mass is 16.7.